The number of allylic oxidation sites excluding steroid dienone is 1. The topological polar surface area (TPSA) is 172 Å². The molecule has 3 aliphatic rings. The average molecular weight is 789 g/mol. The second-order valence-corrected chi connectivity index (χ2v) is 14.6. The van der Waals surface area contributed by atoms with Crippen molar-refractivity contribution in [3.63, 3.8) is 0 Å². The SMILES string of the molecule is COc1cc(C(CC(=O)NCc2c3c(c(OC)c4c2OCO4)CN(C)CC3)c2c(O)cc3c(c2O)C(=O)OC(C)CCCC(=O)CCCC=C3)cc(OC)c1OC. The molecule has 2 atom stereocenters. The Bertz CT molecular complexity index is 2020. The van der Waals surface area contributed by atoms with E-state index >= 15 is 0 Å². The molecule has 3 aliphatic heterocycles. The second kappa shape index (κ2) is 18.1. The number of amides is 1. The first kappa shape index (κ1) is 41.0. The van der Waals surface area contributed by atoms with Crippen LogP contribution < -0.4 is 33.7 Å². The average Bonchev–Trinajstić information content (AvgIpc) is 3.67. The van der Waals surface area contributed by atoms with Crippen molar-refractivity contribution in [1.82, 2.24) is 10.2 Å². The van der Waals surface area contributed by atoms with Crippen LogP contribution in [0.1, 0.15) is 102 Å². The highest BCUT2D eigenvalue weighted by Crippen LogP contribution is 2.50. The summed E-state index contributed by atoms with van der Waals surface area (Å²) in [6, 6.07) is 4.66. The highest BCUT2D eigenvalue weighted by Gasteiger charge is 2.35. The third kappa shape index (κ3) is 8.70. The number of nitrogens with one attached hydrogen (secondary N) is 1. The van der Waals surface area contributed by atoms with Crippen LogP contribution in [0.5, 0.6) is 46.0 Å². The molecule has 0 saturated heterocycles. The molecule has 3 aromatic carbocycles. The summed E-state index contributed by atoms with van der Waals surface area (Å²) in [4.78, 5) is 42.6. The quantitative estimate of drug-likeness (QED) is 0.200. The Morgan fingerprint density at radius 1 is 0.930 bits per heavy atom. The summed E-state index contributed by atoms with van der Waals surface area (Å²) >= 11 is 0. The van der Waals surface area contributed by atoms with Crippen LogP contribution in [0.3, 0.4) is 0 Å². The summed E-state index contributed by atoms with van der Waals surface area (Å²) < 4.78 is 40.2. The van der Waals surface area contributed by atoms with Gasteiger partial charge in [0.25, 0.3) is 0 Å². The van der Waals surface area contributed by atoms with Crippen molar-refractivity contribution in [2.45, 2.75) is 83.4 Å². The van der Waals surface area contributed by atoms with Gasteiger partial charge in [-0.05, 0) is 81.0 Å². The number of ether oxygens (including phenoxy) is 7. The lowest BCUT2D eigenvalue weighted by Gasteiger charge is -2.29. The molecular weight excluding hydrogens is 736 g/mol. The standard InChI is InChI=1S/C43H52N2O12/c1-24-11-10-14-27(46)13-9-7-8-12-25-17-32(47)37(38(49)36(25)43(50)57-24)29(26-18-33(51-3)41(54-6)34(19-26)52-4)20-35(48)44-21-30-28-15-16-45(2)22-31(28)39(53-5)42-40(30)55-23-56-42/h8,12,17-19,24,29,47,49H,7,9-11,13-16,20-23H2,1-6H3,(H,44,48). The number of hydrogen-bond acceptors (Lipinski definition) is 13. The number of fused-ring (bicyclic) bond motifs is 3. The normalized spacial score (nSPS) is 17.8. The van der Waals surface area contributed by atoms with Gasteiger partial charge in [0.1, 0.15) is 22.8 Å². The lowest BCUT2D eigenvalue weighted by Crippen LogP contribution is -2.30. The Labute approximate surface area is 332 Å². The number of esters is 1. The first-order valence-corrected chi connectivity index (χ1v) is 19.2. The molecule has 3 aromatic rings. The van der Waals surface area contributed by atoms with Crippen molar-refractivity contribution in [3.8, 4) is 46.0 Å². The minimum atomic E-state index is -1.04. The molecule has 14 nitrogen and oxygen atoms in total. The summed E-state index contributed by atoms with van der Waals surface area (Å²) in [5.74, 6) is -0.489. The Balaban J connectivity index is 1.42. The Hall–Kier alpha value is -5.63. The molecule has 14 heteroatoms. The number of Topliss-reactive ketones (excluding diaryl/α,β-unsaturated/α-hetero) is 1. The number of phenols is 2. The zero-order chi connectivity index (χ0) is 40.8. The number of cyclic esters (lactones) is 1. The van der Waals surface area contributed by atoms with Crippen molar-refractivity contribution in [3.05, 3.63) is 63.2 Å². The van der Waals surface area contributed by atoms with Crippen LogP contribution in [0.25, 0.3) is 6.08 Å². The van der Waals surface area contributed by atoms with Crippen LogP contribution in [0.15, 0.2) is 24.3 Å². The summed E-state index contributed by atoms with van der Waals surface area (Å²) in [5.41, 5.74) is 3.21. The lowest BCUT2D eigenvalue weighted by atomic mass is 9.84. The maximum Gasteiger partial charge on any atom is 0.342 e. The van der Waals surface area contributed by atoms with Crippen LogP contribution in [0.2, 0.25) is 0 Å². The van der Waals surface area contributed by atoms with Gasteiger partial charge in [-0.25, -0.2) is 4.79 Å². The number of methoxy groups -OCH3 is 4. The lowest BCUT2D eigenvalue weighted by molar-refractivity contribution is -0.121. The minimum absolute atomic E-state index is 0.0154. The van der Waals surface area contributed by atoms with Gasteiger partial charge in [0.2, 0.25) is 24.2 Å². The van der Waals surface area contributed by atoms with Crippen LogP contribution in [-0.4, -0.2) is 87.7 Å². The molecule has 3 N–H and O–H groups in total. The number of hydrogen-bond donors (Lipinski definition) is 3. The van der Waals surface area contributed by atoms with E-state index in [1.807, 2.05) is 7.05 Å². The number of carbonyl (C=O) groups is 3. The Morgan fingerprint density at radius 3 is 2.33 bits per heavy atom. The van der Waals surface area contributed by atoms with Crippen LogP contribution >= 0.6 is 0 Å². The molecule has 1 amide bonds. The smallest absolute Gasteiger partial charge is 0.342 e. The van der Waals surface area contributed by atoms with Crippen molar-refractivity contribution in [1.29, 1.82) is 0 Å². The van der Waals surface area contributed by atoms with E-state index in [2.05, 4.69) is 10.2 Å². The van der Waals surface area contributed by atoms with Gasteiger partial charge >= 0.3 is 5.97 Å². The van der Waals surface area contributed by atoms with E-state index in [9.17, 15) is 24.6 Å². The summed E-state index contributed by atoms with van der Waals surface area (Å²) in [7, 11) is 8.01. The van der Waals surface area contributed by atoms with Gasteiger partial charge in [-0.1, -0.05) is 12.2 Å². The largest absolute Gasteiger partial charge is 0.507 e. The molecule has 0 fully saturated rings. The fraction of sp³-hybridized carbons (Fsp3) is 0.465. The van der Waals surface area contributed by atoms with E-state index in [0.29, 0.717) is 80.1 Å². The first-order chi connectivity index (χ1) is 27.5. The molecule has 6 rings (SSSR count). The van der Waals surface area contributed by atoms with Gasteiger partial charge in [-0.2, -0.15) is 0 Å². The van der Waals surface area contributed by atoms with E-state index in [-0.39, 0.29) is 59.5 Å². The fourth-order valence-electron chi connectivity index (χ4n) is 7.94. The maximum atomic E-state index is 14.2. The van der Waals surface area contributed by atoms with E-state index in [1.54, 1.807) is 38.3 Å². The maximum absolute atomic E-state index is 14.2. The molecule has 0 bridgehead atoms. The van der Waals surface area contributed by atoms with Crippen LogP contribution in [-0.2, 0) is 33.8 Å². The molecular formula is C43H52N2O12. The first-order valence-electron chi connectivity index (χ1n) is 19.2. The number of phenolic OH excluding ortho intramolecular Hbond substituents is 2. The molecule has 57 heavy (non-hydrogen) atoms. The fourth-order valence-corrected chi connectivity index (χ4v) is 7.94. The molecule has 306 valence electrons. The Morgan fingerprint density at radius 2 is 1.63 bits per heavy atom. The van der Waals surface area contributed by atoms with Crippen molar-refractivity contribution < 1.29 is 57.8 Å². The predicted molar refractivity (Wildman–Crippen MR) is 210 cm³/mol. The number of carbonyl (C=O) groups excluding carboxylic acids is 3. The van der Waals surface area contributed by atoms with Crippen molar-refractivity contribution in [2.75, 3.05) is 48.8 Å². The molecule has 0 radical (unpaired) electrons. The summed E-state index contributed by atoms with van der Waals surface area (Å²) in [6.07, 6.45) is 6.28. The van der Waals surface area contributed by atoms with Crippen LogP contribution in [0.4, 0.5) is 0 Å². The van der Waals surface area contributed by atoms with Crippen LogP contribution in [0, 0.1) is 0 Å². The molecule has 0 aliphatic carbocycles. The summed E-state index contributed by atoms with van der Waals surface area (Å²) in [5, 5.41) is 26.9. The predicted octanol–water partition coefficient (Wildman–Crippen LogP) is 6.17. The van der Waals surface area contributed by atoms with E-state index in [0.717, 1.165) is 23.2 Å². The van der Waals surface area contributed by atoms with E-state index in [4.69, 9.17) is 33.2 Å². The number of rotatable bonds is 10. The molecule has 0 spiro atoms. The number of likely N-dealkylation sites (N-methyl/N-ethyl adjacent to an activating group) is 1. The number of ketones is 1. The van der Waals surface area contributed by atoms with Gasteiger partial charge in [0, 0.05) is 61.5 Å². The summed E-state index contributed by atoms with van der Waals surface area (Å²) in [6.45, 7) is 3.28. The third-order valence-electron chi connectivity index (χ3n) is 10.8. The molecule has 0 aromatic heterocycles. The van der Waals surface area contributed by atoms with Gasteiger partial charge < -0.3 is 53.6 Å². The van der Waals surface area contributed by atoms with E-state index in [1.165, 1.54) is 27.4 Å². The highest BCUT2D eigenvalue weighted by atomic mass is 16.7. The van der Waals surface area contributed by atoms with Crippen molar-refractivity contribution in [2.24, 2.45) is 0 Å². The minimum Gasteiger partial charge on any atom is -0.507 e. The highest BCUT2D eigenvalue weighted by molar-refractivity contribution is 5.98. The number of nitrogens with zero attached hydrogens (tertiary/aromatic N) is 1. The zero-order valence-electron chi connectivity index (χ0n) is 33.5. The van der Waals surface area contributed by atoms with Gasteiger partial charge in [-0.3, -0.25) is 9.59 Å². The van der Waals surface area contributed by atoms with E-state index < -0.39 is 29.6 Å². The molecule has 0 saturated carbocycles. The van der Waals surface area contributed by atoms with Crippen molar-refractivity contribution >= 4 is 23.7 Å². The Kier molecular flexibility index (Phi) is 13.0. The molecule has 3 heterocycles. The number of aromatic hydroxyl groups is 2. The van der Waals surface area contributed by atoms with Gasteiger partial charge in [0.05, 0.1) is 34.5 Å². The zero-order valence-corrected chi connectivity index (χ0v) is 33.5. The van der Waals surface area contributed by atoms with Gasteiger partial charge in [-0.15, -0.1) is 0 Å². The van der Waals surface area contributed by atoms with Gasteiger partial charge in [0.15, 0.2) is 23.0 Å². The molecule has 2 unspecified atom stereocenters. The monoisotopic (exact) mass is 788 g/mol. The third-order valence-corrected chi connectivity index (χ3v) is 10.8. The second-order valence-electron chi connectivity index (χ2n) is 14.6. The number of benzene rings is 3.